The smallest absolute Gasteiger partial charge is 0.226 e. The van der Waals surface area contributed by atoms with Gasteiger partial charge in [-0.3, -0.25) is 4.79 Å². The molecule has 0 aromatic heterocycles. The van der Waals surface area contributed by atoms with Gasteiger partial charge in [0.25, 0.3) is 0 Å². The lowest BCUT2D eigenvalue weighted by Gasteiger charge is -2.37. The predicted molar refractivity (Wildman–Crippen MR) is 77.8 cm³/mol. The molecule has 0 bridgehead atoms. The van der Waals surface area contributed by atoms with Crippen molar-refractivity contribution >= 4 is 5.91 Å². The molecule has 1 heterocycles. The first-order valence-electron chi connectivity index (χ1n) is 7.99. The van der Waals surface area contributed by atoms with Crippen LogP contribution >= 0.6 is 0 Å². The summed E-state index contributed by atoms with van der Waals surface area (Å²) in [6.07, 6.45) is 6.61. The predicted octanol–water partition coefficient (Wildman–Crippen LogP) is 1.35. The van der Waals surface area contributed by atoms with Crippen molar-refractivity contribution in [1.29, 1.82) is 0 Å². The second kappa shape index (κ2) is 7.25. The van der Waals surface area contributed by atoms with E-state index in [-0.39, 0.29) is 5.92 Å². The second-order valence-corrected chi connectivity index (χ2v) is 6.05. The van der Waals surface area contributed by atoms with Crippen molar-refractivity contribution in [3.05, 3.63) is 0 Å². The van der Waals surface area contributed by atoms with Gasteiger partial charge in [0, 0.05) is 18.5 Å². The van der Waals surface area contributed by atoms with E-state index in [0.29, 0.717) is 24.4 Å². The van der Waals surface area contributed by atoms with E-state index in [1.54, 1.807) is 0 Å². The van der Waals surface area contributed by atoms with Crippen molar-refractivity contribution in [3.8, 4) is 0 Å². The molecule has 0 radical (unpaired) electrons. The van der Waals surface area contributed by atoms with E-state index in [9.17, 15) is 4.79 Å². The molecule has 0 spiro atoms. The maximum absolute atomic E-state index is 12.9. The third-order valence-electron chi connectivity index (χ3n) is 4.78. The molecule has 1 saturated carbocycles. The summed E-state index contributed by atoms with van der Waals surface area (Å²) in [5.74, 6) is 1.02. The number of nitrogens with two attached hydrogens (primary N) is 1. The lowest BCUT2D eigenvalue weighted by atomic mass is 9.93. The highest BCUT2D eigenvalue weighted by molar-refractivity contribution is 5.79. The largest absolute Gasteiger partial charge is 0.339 e. The SMILES string of the molecule is CCCN(C(=O)[C@@H]1CCC[C@@H]1CN)C1CCNCC1. The highest BCUT2D eigenvalue weighted by Crippen LogP contribution is 2.33. The van der Waals surface area contributed by atoms with Gasteiger partial charge in [-0.15, -0.1) is 0 Å². The van der Waals surface area contributed by atoms with Crippen LogP contribution in [0.5, 0.6) is 0 Å². The normalized spacial score (nSPS) is 28.5. The summed E-state index contributed by atoms with van der Waals surface area (Å²) in [4.78, 5) is 15.0. The van der Waals surface area contributed by atoms with Crippen molar-refractivity contribution < 1.29 is 4.79 Å². The topological polar surface area (TPSA) is 58.4 Å². The Balaban J connectivity index is 2.02. The van der Waals surface area contributed by atoms with Gasteiger partial charge in [-0.2, -0.15) is 0 Å². The summed E-state index contributed by atoms with van der Waals surface area (Å²) < 4.78 is 0. The Kier molecular flexibility index (Phi) is 5.64. The average molecular weight is 267 g/mol. The monoisotopic (exact) mass is 267 g/mol. The Morgan fingerprint density at radius 3 is 2.63 bits per heavy atom. The van der Waals surface area contributed by atoms with Gasteiger partial charge >= 0.3 is 0 Å². The molecule has 2 fully saturated rings. The van der Waals surface area contributed by atoms with Crippen molar-refractivity contribution in [3.63, 3.8) is 0 Å². The van der Waals surface area contributed by atoms with Crippen LogP contribution in [0.4, 0.5) is 0 Å². The molecule has 2 aliphatic rings. The summed E-state index contributed by atoms with van der Waals surface area (Å²) in [6.45, 7) is 5.84. The van der Waals surface area contributed by atoms with Crippen molar-refractivity contribution in [2.45, 2.75) is 51.5 Å². The minimum atomic E-state index is 0.200. The van der Waals surface area contributed by atoms with Crippen LogP contribution in [0.25, 0.3) is 0 Å². The summed E-state index contributed by atoms with van der Waals surface area (Å²) in [5.41, 5.74) is 5.83. The highest BCUT2D eigenvalue weighted by atomic mass is 16.2. The fraction of sp³-hybridized carbons (Fsp3) is 0.933. The van der Waals surface area contributed by atoms with Gasteiger partial charge in [-0.25, -0.2) is 0 Å². The van der Waals surface area contributed by atoms with E-state index in [4.69, 9.17) is 5.73 Å². The Hall–Kier alpha value is -0.610. The van der Waals surface area contributed by atoms with E-state index in [1.165, 1.54) is 6.42 Å². The molecule has 2 atom stereocenters. The van der Waals surface area contributed by atoms with E-state index in [1.807, 2.05) is 0 Å². The molecule has 1 amide bonds. The van der Waals surface area contributed by atoms with Crippen LogP contribution in [0.3, 0.4) is 0 Å². The van der Waals surface area contributed by atoms with Crippen LogP contribution in [0.15, 0.2) is 0 Å². The maximum Gasteiger partial charge on any atom is 0.226 e. The van der Waals surface area contributed by atoms with Crippen LogP contribution in [-0.2, 0) is 4.79 Å². The summed E-state index contributed by atoms with van der Waals surface area (Å²) in [5, 5.41) is 3.38. The molecule has 1 saturated heterocycles. The number of carbonyl (C=O) groups excluding carboxylic acids is 1. The van der Waals surface area contributed by atoms with Crippen LogP contribution in [0.1, 0.15) is 45.4 Å². The molecule has 0 unspecified atom stereocenters. The minimum Gasteiger partial charge on any atom is -0.339 e. The zero-order valence-corrected chi connectivity index (χ0v) is 12.2. The van der Waals surface area contributed by atoms with Crippen LogP contribution in [0.2, 0.25) is 0 Å². The molecule has 19 heavy (non-hydrogen) atoms. The van der Waals surface area contributed by atoms with Gasteiger partial charge in [0.05, 0.1) is 0 Å². The van der Waals surface area contributed by atoms with E-state index in [0.717, 1.165) is 51.7 Å². The molecule has 110 valence electrons. The summed E-state index contributed by atoms with van der Waals surface area (Å²) in [7, 11) is 0. The zero-order chi connectivity index (χ0) is 13.7. The van der Waals surface area contributed by atoms with Gasteiger partial charge in [0.1, 0.15) is 0 Å². The fourth-order valence-electron chi connectivity index (χ4n) is 3.69. The van der Waals surface area contributed by atoms with E-state index >= 15 is 0 Å². The Bertz CT molecular complexity index is 289. The molecule has 1 aliphatic carbocycles. The van der Waals surface area contributed by atoms with E-state index in [2.05, 4.69) is 17.1 Å². The zero-order valence-electron chi connectivity index (χ0n) is 12.2. The molecule has 3 N–H and O–H groups in total. The molecule has 4 nitrogen and oxygen atoms in total. The molecule has 1 aliphatic heterocycles. The number of amides is 1. The summed E-state index contributed by atoms with van der Waals surface area (Å²) in [6, 6.07) is 0.452. The first kappa shape index (κ1) is 14.8. The van der Waals surface area contributed by atoms with Crippen LogP contribution in [0, 0.1) is 11.8 Å². The second-order valence-electron chi connectivity index (χ2n) is 6.05. The Labute approximate surface area is 117 Å². The van der Waals surface area contributed by atoms with Gasteiger partial charge in [-0.1, -0.05) is 13.3 Å². The average Bonchev–Trinajstić information content (AvgIpc) is 2.93. The van der Waals surface area contributed by atoms with Gasteiger partial charge in [0.2, 0.25) is 5.91 Å². The van der Waals surface area contributed by atoms with Crippen molar-refractivity contribution in [2.75, 3.05) is 26.2 Å². The number of hydrogen-bond acceptors (Lipinski definition) is 3. The third-order valence-corrected chi connectivity index (χ3v) is 4.78. The molecule has 4 heteroatoms. The van der Waals surface area contributed by atoms with Crippen molar-refractivity contribution in [2.24, 2.45) is 17.6 Å². The molecule has 0 aromatic rings. The molecular weight excluding hydrogens is 238 g/mol. The number of hydrogen-bond donors (Lipinski definition) is 2. The highest BCUT2D eigenvalue weighted by Gasteiger charge is 2.36. The Morgan fingerprint density at radius 1 is 1.26 bits per heavy atom. The van der Waals surface area contributed by atoms with Crippen LogP contribution in [-0.4, -0.2) is 43.0 Å². The van der Waals surface area contributed by atoms with Crippen LogP contribution < -0.4 is 11.1 Å². The van der Waals surface area contributed by atoms with Gasteiger partial charge in [-0.05, 0) is 57.7 Å². The number of nitrogens with zero attached hydrogens (tertiary/aromatic N) is 1. The number of carbonyl (C=O) groups is 1. The minimum absolute atomic E-state index is 0.200. The molecule has 2 rings (SSSR count). The first-order chi connectivity index (χ1) is 9.27. The van der Waals surface area contributed by atoms with Gasteiger partial charge in [0.15, 0.2) is 0 Å². The lowest BCUT2D eigenvalue weighted by molar-refractivity contribution is -0.139. The first-order valence-corrected chi connectivity index (χ1v) is 7.99. The quantitative estimate of drug-likeness (QED) is 0.790. The summed E-state index contributed by atoms with van der Waals surface area (Å²) >= 11 is 0. The third kappa shape index (κ3) is 3.48. The molecular formula is C15H29N3O. The Morgan fingerprint density at radius 2 is 2.00 bits per heavy atom. The number of rotatable bonds is 5. The van der Waals surface area contributed by atoms with E-state index < -0.39 is 0 Å². The van der Waals surface area contributed by atoms with Gasteiger partial charge < -0.3 is 16.0 Å². The lowest BCUT2D eigenvalue weighted by Crippen LogP contribution is -2.49. The standard InChI is InChI=1S/C15H29N3O/c1-2-10-18(13-6-8-17-9-7-13)15(19)14-5-3-4-12(14)11-16/h12-14,17H,2-11,16H2,1H3/t12-,14-/m1/s1. The molecule has 0 aromatic carbocycles. The van der Waals surface area contributed by atoms with Crippen molar-refractivity contribution in [1.82, 2.24) is 10.2 Å². The number of piperidine rings is 1. The maximum atomic E-state index is 12.9. The fourth-order valence-corrected chi connectivity index (χ4v) is 3.69. The number of nitrogens with one attached hydrogen (secondary N) is 1.